The van der Waals surface area contributed by atoms with E-state index < -0.39 is 0 Å². The van der Waals surface area contributed by atoms with E-state index in [-0.39, 0.29) is 5.91 Å². The summed E-state index contributed by atoms with van der Waals surface area (Å²) in [6, 6.07) is 0. The largest absolute Gasteiger partial charge is 0.370 e. The highest BCUT2D eigenvalue weighted by atomic mass is 32.2. The Bertz CT molecular complexity index is 146. The fourth-order valence-corrected chi connectivity index (χ4v) is 2.51. The summed E-state index contributed by atoms with van der Waals surface area (Å²) in [4.78, 5) is 10.4. The van der Waals surface area contributed by atoms with E-state index in [0.29, 0.717) is 11.7 Å². The summed E-state index contributed by atoms with van der Waals surface area (Å²) in [6.45, 7) is 2.23. The van der Waals surface area contributed by atoms with Gasteiger partial charge < -0.3 is 11.1 Å². The summed E-state index contributed by atoms with van der Waals surface area (Å²) in [7, 11) is 0. The summed E-state index contributed by atoms with van der Waals surface area (Å²) >= 11 is 1.86. The topological polar surface area (TPSA) is 55.1 Å². The molecule has 1 aliphatic heterocycles. The molecular weight excluding hydrogens is 172 g/mol. The van der Waals surface area contributed by atoms with Crippen molar-refractivity contribution in [1.29, 1.82) is 0 Å². The third-order valence-corrected chi connectivity index (χ3v) is 3.27. The van der Waals surface area contributed by atoms with Crippen LogP contribution in [0.15, 0.2) is 0 Å². The van der Waals surface area contributed by atoms with E-state index in [1.807, 2.05) is 11.8 Å². The van der Waals surface area contributed by atoms with Crippen molar-refractivity contribution < 1.29 is 4.79 Å². The van der Waals surface area contributed by atoms with Gasteiger partial charge in [0.05, 0.1) is 0 Å². The highest BCUT2D eigenvalue weighted by Crippen LogP contribution is 2.18. The Morgan fingerprint density at radius 2 is 2.50 bits per heavy atom. The van der Waals surface area contributed by atoms with E-state index in [9.17, 15) is 4.79 Å². The fourth-order valence-electron chi connectivity index (χ4n) is 1.29. The number of carbonyl (C=O) groups is 1. The number of primary amides is 1. The molecule has 12 heavy (non-hydrogen) atoms. The molecule has 0 aromatic rings. The van der Waals surface area contributed by atoms with Crippen LogP contribution in [0.3, 0.4) is 0 Å². The second kappa shape index (κ2) is 5.43. The maximum absolute atomic E-state index is 10.4. The molecule has 0 aromatic carbocycles. The number of hydrogen-bond acceptors (Lipinski definition) is 3. The number of carbonyl (C=O) groups excluding carboxylic acids is 1. The molecule has 0 spiro atoms. The Labute approximate surface area is 77.5 Å². The van der Waals surface area contributed by atoms with E-state index in [2.05, 4.69) is 5.32 Å². The minimum atomic E-state index is -0.189. The Kier molecular flexibility index (Phi) is 4.46. The number of rotatable bonds is 4. The first kappa shape index (κ1) is 9.86. The average molecular weight is 188 g/mol. The molecule has 1 fully saturated rings. The van der Waals surface area contributed by atoms with Crippen LogP contribution in [0.4, 0.5) is 0 Å². The smallest absolute Gasteiger partial charge is 0.218 e. The first-order chi connectivity index (χ1) is 5.79. The maximum Gasteiger partial charge on any atom is 0.218 e. The molecule has 1 unspecified atom stereocenters. The zero-order valence-corrected chi connectivity index (χ0v) is 8.03. The van der Waals surface area contributed by atoms with Gasteiger partial charge in [0.25, 0.3) is 0 Å². The molecule has 0 aliphatic carbocycles. The molecule has 0 aromatic heterocycles. The third kappa shape index (κ3) is 3.97. The minimum Gasteiger partial charge on any atom is -0.370 e. The second-order valence-electron chi connectivity index (χ2n) is 3.06. The molecule has 0 radical (unpaired) electrons. The van der Waals surface area contributed by atoms with Crippen molar-refractivity contribution in [2.75, 3.05) is 18.8 Å². The third-order valence-electron chi connectivity index (χ3n) is 1.95. The SMILES string of the molecule is NC(=O)CCSC1CCCNC1. The van der Waals surface area contributed by atoms with Crippen LogP contribution in [0.1, 0.15) is 19.3 Å². The number of nitrogens with one attached hydrogen (secondary N) is 1. The lowest BCUT2D eigenvalue weighted by molar-refractivity contribution is -0.117. The maximum atomic E-state index is 10.4. The lowest BCUT2D eigenvalue weighted by atomic mass is 10.2. The molecule has 1 amide bonds. The van der Waals surface area contributed by atoms with Crippen LogP contribution in [0.2, 0.25) is 0 Å². The standard InChI is InChI=1S/C8H16N2OS/c9-8(11)3-5-12-7-2-1-4-10-6-7/h7,10H,1-6H2,(H2,9,11). The van der Waals surface area contributed by atoms with E-state index in [1.54, 1.807) is 0 Å². The molecule has 1 aliphatic rings. The minimum absolute atomic E-state index is 0.189. The normalized spacial score (nSPS) is 23.8. The van der Waals surface area contributed by atoms with E-state index in [0.717, 1.165) is 18.8 Å². The van der Waals surface area contributed by atoms with Crippen molar-refractivity contribution in [3.05, 3.63) is 0 Å². The molecule has 1 atom stereocenters. The van der Waals surface area contributed by atoms with Gasteiger partial charge in [-0.15, -0.1) is 0 Å². The Balaban J connectivity index is 2.01. The van der Waals surface area contributed by atoms with Crippen molar-refractivity contribution >= 4 is 17.7 Å². The molecule has 1 rings (SSSR count). The number of thioether (sulfide) groups is 1. The summed E-state index contributed by atoms with van der Waals surface area (Å²) < 4.78 is 0. The Hall–Kier alpha value is -0.220. The van der Waals surface area contributed by atoms with Crippen molar-refractivity contribution in [3.63, 3.8) is 0 Å². The van der Waals surface area contributed by atoms with Crippen LogP contribution in [-0.2, 0) is 4.79 Å². The van der Waals surface area contributed by atoms with Crippen molar-refractivity contribution in [1.82, 2.24) is 5.32 Å². The molecule has 3 nitrogen and oxygen atoms in total. The van der Waals surface area contributed by atoms with Crippen LogP contribution in [0.25, 0.3) is 0 Å². The zero-order valence-electron chi connectivity index (χ0n) is 7.21. The lowest BCUT2D eigenvalue weighted by Crippen LogP contribution is -2.31. The molecule has 1 heterocycles. The van der Waals surface area contributed by atoms with Gasteiger partial charge in [-0.05, 0) is 19.4 Å². The average Bonchev–Trinajstić information content (AvgIpc) is 2.05. The molecule has 0 bridgehead atoms. The Morgan fingerprint density at radius 3 is 3.08 bits per heavy atom. The number of piperidine rings is 1. The zero-order chi connectivity index (χ0) is 8.81. The van der Waals surface area contributed by atoms with Gasteiger partial charge in [-0.2, -0.15) is 11.8 Å². The Morgan fingerprint density at radius 1 is 1.67 bits per heavy atom. The van der Waals surface area contributed by atoms with Gasteiger partial charge in [0, 0.05) is 24.0 Å². The highest BCUT2D eigenvalue weighted by molar-refractivity contribution is 7.99. The van der Waals surface area contributed by atoms with Gasteiger partial charge in [-0.1, -0.05) is 0 Å². The van der Waals surface area contributed by atoms with E-state index in [4.69, 9.17) is 5.73 Å². The molecule has 0 saturated carbocycles. The second-order valence-corrected chi connectivity index (χ2v) is 4.46. The van der Waals surface area contributed by atoms with Crippen LogP contribution < -0.4 is 11.1 Å². The van der Waals surface area contributed by atoms with Crippen molar-refractivity contribution in [2.24, 2.45) is 5.73 Å². The molecule has 3 N–H and O–H groups in total. The molecule has 70 valence electrons. The fraction of sp³-hybridized carbons (Fsp3) is 0.875. The van der Waals surface area contributed by atoms with Crippen LogP contribution in [-0.4, -0.2) is 30.0 Å². The van der Waals surface area contributed by atoms with E-state index in [1.165, 1.54) is 12.8 Å². The van der Waals surface area contributed by atoms with Crippen LogP contribution in [0, 0.1) is 0 Å². The van der Waals surface area contributed by atoms with Gasteiger partial charge in [0.2, 0.25) is 5.91 Å². The van der Waals surface area contributed by atoms with Gasteiger partial charge in [-0.25, -0.2) is 0 Å². The summed E-state index contributed by atoms with van der Waals surface area (Å²) in [5.74, 6) is 0.688. The van der Waals surface area contributed by atoms with Crippen molar-refractivity contribution in [2.45, 2.75) is 24.5 Å². The van der Waals surface area contributed by atoms with Gasteiger partial charge in [0.1, 0.15) is 0 Å². The van der Waals surface area contributed by atoms with Gasteiger partial charge in [0.15, 0.2) is 0 Å². The predicted octanol–water partition coefficient (Wildman–Crippen LogP) is 0.347. The van der Waals surface area contributed by atoms with Crippen LogP contribution in [0.5, 0.6) is 0 Å². The van der Waals surface area contributed by atoms with Gasteiger partial charge in [-0.3, -0.25) is 4.79 Å². The monoisotopic (exact) mass is 188 g/mol. The molecule has 1 saturated heterocycles. The number of nitrogens with two attached hydrogens (primary N) is 1. The number of amides is 1. The number of hydrogen-bond donors (Lipinski definition) is 2. The summed E-state index contributed by atoms with van der Waals surface area (Å²) in [5, 5.41) is 4.03. The quantitative estimate of drug-likeness (QED) is 0.669. The van der Waals surface area contributed by atoms with Crippen molar-refractivity contribution in [3.8, 4) is 0 Å². The predicted molar refractivity (Wildman–Crippen MR) is 52.2 cm³/mol. The summed E-state index contributed by atoms with van der Waals surface area (Å²) in [6.07, 6.45) is 3.05. The highest BCUT2D eigenvalue weighted by Gasteiger charge is 2.12. The van der Waals surface area contributed by atoms with Gasteiger partial charge >= 0.3 is 0 Å². The lowest BCUT2D eigenvalue weighted by Gasteiger charge is -2.21. The van der Waals surface area contributed by atoms with E-state index >= 15 is 0 Å². The summed E-state index contributed by atoms with van der Waals surface area (Å²) in [5.41, 5.74) is 5.04. The van der Waals surface area contributed by atoms with Crippen LogP contribution >= 0.6 is 11.8 Å². The first-order valence-electron chi connectivity index (χ1n) is 4.39. The molecular formula is C8H16N2OS. The molecule has 4 heteroatoms. The first-order valence-corrected chi connectivity index (χ1v) is 5.44.